The monoisotopic (exact) mass is 178 g/mol. The minimum absolute atomic E-state index is 0.0865. The Morgan fingerprint density at radius 2 is 1.69 bits per heavy atom. The van der Waals surface area contributed by atoms with Gasteiger partial charge in [-0.3, -0.25) is 0 Å². The first-order valence-corrected chi connectivity index (χ1v) is 5.97. The standard InChI is InChI=1S/C12H18O/c13-11-8-3-7-4-9(11)6-12(5-8)2-1-10(7)12/h7-11,13H,1-6H2. The summed E-state index contributed by atoms with van der Waals surface area (Å²) in [5.74, 6) is 3.52. The Kier molecular flexibility index (Phi) is 1.11. The van der Waals surface area contributed by atoms with Crippen LogP contribution in [0.15, 0.2) is 0 Å². The Hall–Kier alpha value is -0.0400. The highest BCUT2D eigenvalue weighted by Crippen LogP contribution is 2.70. The molecule has 4 bridgehead atoms. The van der Waals surface area contributed by atoms with Crippen molar-refractivity contribution >= 4 is 0 Å². The molecule has 0 amide bonds. The van der Waals surface area contributed by atoms with E-state index in [9.17, 15) is 5.11 Å². The SMILES string of the molecule is OC1C2CC3CC1CC1(CCC31)C2. The highest BCUT2D eigenvalue weighted by molar-refractivity contribution is 5.13. The van der Waals surface area contributed by atoms with Crippen LogP contribution in [-0.2, 0) is 0 Å². The van der Waals surface area contributed by atoms with E-state index >= 15 is 0 Å². The van der Waals surface area contributed by atoms with Gasteiger partial charge < -0.3 is 5.11 Å². The van der Waals surface area contributed by atoms with Crippen molar-refractivity contribution in [2.75, 3.05) is 0 Å². The van der Waals surface area contributed by atoms with E-state index in [1.165, 1.54) is 38.5 Å². The zero-order valence-corrected chi connectivity index (χ0v) is 8.08. The van der Waals surface area contributed by atoms with Crippen LogP contribution in [0.2, 0.25) is 0 Å². The highest BCUT2D eigenvalue weighted by Gasteiger charge is 2.63. The van der Waals surface area contributed by atoms with Gasteiger partial charge in [0, 0.05) is 0 Å². The van der Waals surface area contributed by atoms with Crippen LogP contribution in [0.5, 0.6) is 0 Å². The Morgan fingerprint density at radius 3 is 2.15 bits per heavy atom. The molecule has 0 aliphatic heterocycles. The van der Waals surface area contributed by atoms with Crippen LogP contribution in [0.3, 0.4) is 0 Å². The average Bonchev–Trinajstić information content (AvgIpc) is 2.03. The third-order valence-electron chi connectivity index (χ3n) is 5.82. The lowest BCUT2D eigenvalue weighted by atomic mass is 9.37. The topological polar surface area (TPSA) is 20.2 Å². The van der Waals surface area contributed by atoms with Gasteiger partial charge in [0.05, 0.1) is 6.10 Å². The van der Waals surface area contributed by atoms with Gasteiger partial charge in [0.15, 0.2) is 0 Å². The fourth-order valence-corrected chi connectivity index (χ4v) is 5.36. The lowest BCUT2D eigenvalue weighted by Crippen LogP contribution is -2.62. The summed E-state index contributed by atoms with van der Waals surface area (Å²) in [6.07, 6.45) is 8.59. The lowest BCUT2D eigenvalue weighted by Gasteiger charge is -2.68. The summed E-state index contributed by atoms with van der Waals surface area (Å²) < 4.78 is 0. The summed E-state index contributed by atoms with van der Waals surface area (Å²) in [5.41, 5.74) is 0.760. The van der Waals surface area contributed by atoms with Gasteiger partial charge in [-0.15, -0.1) is 0 Å². The van der Waals surface area contributed by atoms with E-state index in [0.717, 1.165) is 17.3 Å². The molecular formula is C12H18O. The van der Waals surface area contributed by atoms with Crippen LogP contribution in [0.1, 0.15) is 38.5 Å². The summed E-state index contributed by atoms with van der Waals surface area (Å²) in [5, 5.41) is 10.1. The van der Waals surface area contributed by atoms with E-state index in [1.54, 1.807) is 0 Å². The Bertz CT molecular complexity index is 244. The molecule has 5 rings (SSSR count). The van der Waals surface area contributed by atoms with Gasteiger partial charge in [-0.05, 0) is 67.6 Å². The molecule has 0 saturated heterocycles. The van der Waals surface area contributed by atoms with E-state index in [4.69, 9.17) is 0 Å². The van der Waals surface area contributed by atoms with Crippen LogP contribution in [-0.4, -0.2) is 11.2 Å². The van der Waals surface area contributed by atoms with Crippen molar-refractivity contribution in [3.05, 3.63) is 0 Å². The second-order valence-electron chi connectivity index (χ2n) is 6.16. The fraction of sp³-hybridized carbons (Fsp3) is 1.00. The molecule has 13 heavy (non-hydrogen) atoms. The maximum absolute atomic E-state index is 10.1. The van der Waals surface area contributed by atoms with Crippen molar-refractivity contribution in [3.8, 4) is 0 Å². The molecule has 5 aliphatic rings. The third-order valence-corrected chi connectivity index (χ3v) is 5.82. The summed E-state index contributed by atoms with van der Waals surface area (Å²) in [7, 11) is 0. The molecule has 0 aromatic rings. The maximum atomic E-state index is 10.1. The largest absolute Gasteiger partial charge is 0.393 e. The number of aliphatic hydroxyl groups excluding tert-OH is 1. The molecule has 1 heteroatoms. The molecule has 1 spiro atoms. The van der Waals surface area contributed by atoms with Crippen molar-refractivity contribution < 1.29 is 5.11 Å². The predicted octanol–water partition coefficient (Wildman–Crippen LogP) is 2.19. The van der Waals surface area contributed by atoms with Gasteiger partial charge in [0.2, 0.25) is 0 Å². The van der Waals surface area contributed by atoms with Gasteiger partial charge in [0.1, 0.15) is 0 Å². The minimum atomic E-state index is 0.0865. The second-order valence-corrected chi connectivity index (χ2v) is 6.16. The van der Waals surface area contributed by atoms with Crippen molar-refractivity contribution in [3.63, 3.8) is 0 Å². The molecule has 5 fully saturated rings. The Balaban J connectivity index is 1.78. The summed E-state index contributed by atoms with van der Waals surface area (Å²) in [6.45, 7) is 0. The van der Waals surface area contributed by atoms with Gasteiger partial charge in [-0.2, -0.15) is 0 Å². The smallest absolute Gasteiger partial charge is 0.0597 e. The van der Waals surface area contributed by atoms with E-state index in [1.807, 2.05) is 0 Å². The first kappa shape index (κ1) is 7.28. The number of aliphatic hydroxyl groups is 1. The van der Waals surface area contributed by atoms with E-state index in [0.29, 0.717) is 11.8 Å². The van der Waals surface area contributed by atoms with Gasteiger partial charge >= 0.3 is 0 Å². The number of rotatable bonds is 0. The second kappa shape index (κ2) is 1.98. The molecule has 72 valence electrons. The summed E-state index contributed by atoms with van der Waals surface area (Å²) in [4.78, 5) is 0. The van der Waals surface area contributed by atoms with Gasteiger partial charge in [-0.25, -0.2) is 0 Å². The normalized spacial score (nSPS) is 67.6. The quantitative estimate of drug-likeness (QED) is 0.603. The predicted molar refractivity (Wildman–Crippen MR) is 50.1 cm³/mol. The van der Waals surface area contributed by atoms with Crippen molar-refractivity contribution in [1.82, 2.24) is 0 Å². The molecule has 0 heterocycles. The molecule has 3 atom stereocenters. The first-order valence-electron chi connectivity index (χ1n) is 5.97. The van der Waals surface area contributed by atoms with E-state index in [-0.39, 0.29) is 6.10 Å². The van der Waals surface area contributed by atoms with Crippen LogP contribution < -0.4 is 0 Å². The molecule has 1 N–H and O–H groups in total. The molecular weight excluding hydrogens is 160 g/mol. The summed E-state index contributed by atoms with van der Waals surface area (Å²) >= 11 is 0. The zero-order valence-electron chi connectivity index (χ0n) is 8.08. The molecule has 1 nitrogen and oxygen atoms in total. The molecule has 3 unspecified atom stereocenters. The molecule has 0 aromatic carbocycles. The summed E-state index contributed by atoms with van der Waals surface area (Å²) in [6, 6.07) is 0. The molecule has 0 radical (unpaired) electrons. The number of hydrogen-bond donors (Lipinski definition) is 1. The van der Waals surface area contributed by atoms with Gasteiger partial charge in [-0.1, -0.05) is 0 Å². The molecule has 0 aromatic heterocycles. The first-order chi connectivity index (χ1) is 6.28. The van der Waals surface area contributed by atoms with Crippen molar-refractivity contribution in [2.45, 2.75) is 44.6 Å². The molecule has 5 aliphatic carbocycles. The van der Waals surface area contributed by atoms with Gasteiger partial charge in [0.25, 0.3) is 0 Å². The Labute approximate surface area is 79.5 Å². The van der Waals surface area contributed by atoms with Crippen molar-refractivity contribution in [2.24, 2.45) is 29.1 Å². The average molecular weight is 178 g/mol. The fourth-order valence-electron chi connectivity index (χ4n) is 5.36. The third kappa shape index (κ3) is 0.674. The number of hydrogen-bond acceptors (Lipinski definition) is 1. The maximum Gasteiger partial charge on any atom is 0.0597 e. The highest BCUT2D eigenvalue weighted by atomic mass is 16.3. The lowest BCUT2D eigenvalue weighted by molar-refractivity contribution is -0.212. The van der Waals surface area contributed by atoms with Crippen LogP contribution >= 0.6 is 0 Å². The van der Waals surface area contributed by atoms with Crippen LogP contribution in [0.4, 0.5) is 0 Å². The van der Waals surface area contributed by atoms with Crippen LogP contribution in [0, 0.1) is 29.1 Å². The van der Waals surface area contributed by atoms with E-state index < -0.39 is 0 Å². The van der Waals surface area contributed by atoms with Crippen LogP contribution in [0.25, 0.3) is 0 Å². The Morgan fingerprint density at radius 1 is 1.00 bits per heavy atom. The van der Waals surface area contributed by atoms with E-state index in [2.05, 4.69) is 0 Å². The van der Waals surface area contributed by atoms with Crippen molar-refractivity contribution in [1.29, 1.82) is 0 Å². The zero-order chi connectivity index (χ0) is 8.63. The molecule has 5 saturated carbocycles. The minimum Gasteiger partial charge on any atom is -0.393 e.